The summed E-state index contributed by atoms with van der Waals surface area (Å²) in [5.74, 6) is 0.0882. The van der Waals surface area contributed by atoms with Gasteiger partial charge in [-0.1, -0.05) is 36.4 Å². The Morgan fingerprint density at radius 1 is 1.21 bits per heavy atom. The summed E-state index contributed by atoms with van der Waals surface area (Å²) in [6, 6.07) is 16.3. The summed E-state index contributed by atoms with van der Waals surface area (Å²) in [4.78, 5) is 14.4. The maximum Gasteiger partial charge on any atom is 0.230 e. The Morgan fingerprint density at radius 2 is 2.00 bits per heavy atom. The van der Waals surface area contributed by atoms with Gasteiger partial charge in [-0.15, -0.1) is 11.3 Å². The van der Waals surface area contributed by atoms with Gasteiger partial charge in [0.05, 0.1) is 16.8 Å². The van der Waals surface area contributed by atoms with Crippen LogP contribution in [0.15, 0.2) is 53.9 Å². The van der Waals surface area contributed by atoms with Gasteiger partial charge in [0.25, 0.3) is 0 Å². The summed E-state index contributed by atoms with van der Waals surface area (Å²) < 4.78 is 7.50. The minimum absolute atomic E-state index is 0.0882. The van der Waals surface area contributed by atoms with Crippen molar-refractivity contribution in [3.8, 4) is 10.6 Å². The predicted molar refractivity (Wildman–Crippen MR) is 111 cm³/mol. The van der Waals surface area contributed by atoms with Crippen LogP contribution in [0, 0.1) is 6.92 Å². The molecule has 2 aromatic heterocycles. The molecule has 1 aromatic carbocycles. The van der Waals surface area contributed by atoms with Crippen LogP contribution in [0.4, 0.5) is 0 Å². The molecule has 146 valence electrons. The monoisotopic (exact) mass is 395 g/mol. The standard InChI is InChI=1S/C22H25N3O2S/c1-17-16-19(20-8-5-15-28-20)24-25(17)12-11-23-21(26)22(9-13-27-14-10-22)18-6-3-2-4-7-18/h2-8,15-16H,9-14H2,1H3,(H,23,26). The SMILES string of the molecule is Cc1cc(-c2cccs2)nn1CCNC(=O)C1(c2ccccc2)CCOCC1. The van der Waals surface area contributed by atoms with E-state index in [1.54, 1.807) is 11.3 Å². The molecule has 0 aliphatic carbocycles. The van der Waals surface area contributed by atoms with Gasteiger partial charge >= 0.3 is 0 Å². The topological polar surface area (TPSA) is 56.2 Å². The average Bonchev–Trinajstić information content (AvgIpc) is 3.39. The molecule has 0 unspecified atom stereocenters. The summed E-state index contributed by atoms with van der Waals surface area (Å²) in [7, 11) is 0. The summed E-state index contributed by atoms with van der Waals surface area (Å²) >= 11 is 1.69. The Hall–Kier alpha value is -2.44. The van der Waals surface area contributed by atoms with Crippen molar-refractivity contribution >= 4 is 17.2 Å². The third-order valence-electron chi connectivity index (χ3n) is 5.47. The fourth-order valence-electron chi connectivity index (χ4n) is 3.85. The fourth-order valence-corrected chi connectivity index (χ4v) is 4.53. The van der Waals surface area contributed by atoms with Gasteiger partial charge in [0, 0.05) is 25.5 Å². The molecule has 1 fully saturated rings. The number of aryl methyl sites for hydroxylation is 1. The van der Waals surface area contributed by atoms with Crippen molar-refractivity contribution in [3.63, 3.8) is 0 Å². The van der Waals surface area contributed by atoms with E-state index >= 15 is 0 Å². The van der Waals surface area contributed by atoms with Crippen LogP contribution in [0.3, 0.4) is 0 Å². The normalized spacial score (nSPS) is 16.0. The zero-order chi connectivity index (χ0) is 19.4. The van der Waals surface area contributed by atoms with Crippen LogP contribution in [0.25, 0.3) is 10.6 Å². The van der Waals surface area contributed by atoms with Crippen LogP contribution in [-0.4, -0.2) is 35.4 Å². The smallest absolute Gasteiger partial charge is 0.230 e. The Balaban J connectivity index is 1.43. The molecule has 1 saturated heterocycles. The number of benzene rings is 1. The largest absolute Gasteiger partial charge is 0.381 e. The molecule has 1 aliphatic heterocycles. The molecule has 3 heterocycles. The average molecular weight is 396 g/mol. The third-order valence-corrected chi connectivity index (χ3v) is 6.36. The zero-order valence-electron chi connectivity index (χ0n) is 16.1. The lowest BCUT2D eigenvalue weighted by Crippen LogP contribution is -2.48. The van der Waals surface area contributed by atoms with E-state index in [4.69, 9.17) is 9.84 Å². The van der Waals surface area contributed by atoms with Gasteiger partial charge in [-0.3, -0.25) is 9.48 Å². The molecule has 1 amide bonds. The van der Waals surface area contributed by atoms with E-state index in [0.29, 0.717) is 39.1 Å². The number of nitrogens with zero attached hydrogens (tertiary/aromatic N) is 2. The highest BCUT2D eigenvalue weighted by atomic mass is 32.1. The third kappa shape index (κ3) is 3.75. The molecule has 0 spiro atoms. The number of hydrogen-bond donors (Lipinski definition) is 1. The first-order valence-corrected chi connectivity index (χ1v) is 10.6. The molecule has 0 radical (unpaired) electrons. The molecular formula is C22H25N3O2S. The highest BCUT2D eigenvalue weighted by molar-refractivity contribution is 7.13. The minimum atomic E-state index is -0.499. The van der Waals surface area contributed by atoms with Gasteiger partial charge in [-0.2, -0.15) is 5.10 Å². The number of rotatable bonds is 6. The molecule has 1 N–H and O–H groups in total. The van der Waals surface area contributed by atoms with Gasteiger partial charge in [-0.05, 0) is 42.8 Å². The Kier molecular flexibility index (Phi) is 5.59. The Labute approximate surface area is 169 Å². The number of thiophene rings is 1. The first-order valence-electron chi connectivity index (χ1n) is 9.69. The minimum Gasteiger partial charge on any atom is -0.381 e. The number of carbonyl (C=O) groups is 1. The van der Waals surface area contributed by atoms with Crippen molar-refractivity contribution in [1.82, 2.24) is 15.1 Å². The lowest BCUT2D eigenvalue weighted by molar-refractivity contribution is -0.130. The second-order valence-corrected chi connectivity index (χ2v) is 8.14. The second-order valence-electron chi connectivity index (χ2n) is 7.19. The van der Waals surface area contributed by atoms with Crippen LogP contribution >= 0.6 is 11.3 Å². The van der Waals surface area contributed by atoms with Gasteiger partial charge in [0.2, 0.25) is 5.91 Å². The summed E-state index contributed by atoms with van der Waals surface area (Å²) in [5.41, 5.74) is 2.66. The van der Waals surface area contributed by atoms with Crippen LogP contribution in [0.2, 0.25) is 0 Å². The van der Waals surface area contributed by atoms with Crippen molar-refractivity contribution in [2.45, 2.75) is 31.7 Å². The quantitative estimate of drug-likeness (QED) is 0.691. The number of ether oxygens (including phenoxy) is 1. The van der Waals surface area contributed by atoms with E-state index in [2.05, 4.69) is 41.9 Å². The number of hydrogen-bond acceptors (Lipinski definition) is 4. The molecule has 5 nitrogen and oxygen atoms in total. The highest BCUT2D eigenvalue weighted by Gasteiger charge is 2.41. The summed E-state index contributed by atoms with van der Waals surface area (Å²) in [6.07, 6.45) is 1.43. The van der Waals surface area contributed by atoms with Crippen LogP contribution < -0.4 is 5.32 Å². The van der Waals surface area contributed by atoms with E-state index in [-0.39, 0.29) is 5.91 Å². The van der Waals surface area contributed by atoms with Crippen molar-refractivity contribution in [1.29, 1.82) is 0 Å². The Morgan fingerprint density at radius 3 is 2.71 bits per heavy atom. The lowest BCUT2D eigenvalue weighted by atomic mass is 9.73. The van der Waals surface area contributed by atoms with Gasteiger partial charge in [-0.25, -0.2) is 0 Å². The zero-order valence-corrected chi connectivity index (χ0v) is 16.9. The first kappa shape index (κ1) is 18.9. The van der Waals surface area contributed by atoms with Crippen LogP contribution in [0.1, 0.15) is 24.1 Å². The first-order chi connectivity index (χ1) is 13.7. The lowest BCUT2D eigenvalue weighted by Gasteiger charge is -2.36. The number of nitrogens with one attached hydrogen (secondary N) is 1. The van der Waals surface area contributed by atoms with E-state index in [0.717, 1.165) is 21.8 Å². The maximum atomic E-state index is 13.2. The second kappa shape index (κ2) is 8.29. The summed E-state index contributed by atoms with van der Waals surface area (Å²) in [6.45, 7) is 4.50. The van der Waals surface area contributed by atoms with Crippen molar-refractivity contribution in [2.24, 2.45) is 0 Å². The van der Waals surface area contributed by atoms with Crippen LogP contribution in [0.5, 0.6) is 0 Å². The number of amides is 1. The molecule has 0 atom stereocenters. The molecule has 4 rings (SSSR count). The van der Waals surface area contributed by atoms with E-state index in [1.165, 1.54) is 0 Å². The predicted octanol–water partition coefficient (Wildman–Crippen LogP) is 3.78. The highest BCUT2D eigenvalue weighted by Crippen LogP contribution is 2.35. The fraction of sp³-hybridized carbons (Fsp3) is 0.364. The van der Waals surface area contributed by atoms with Gasteiger partial charge in [0.15, 0.2) is 0 Å². The molecule has 0 saturated carbocycles. The molecule has 3 aromatic rings. The van der Waals surface area contributed by atoms with Crippen molar-refractivity contribution in [3.05, 3.63) is 65.2 Å². The molecular weight excluding hydrogens is 370 g/mol. The summed E-state index contributed by atoms with van der Waals surface area (Å²) in [5, 5.41) is 9.91. The van der Waals surface area contributed by atoms with Crippen molar-refractivity contribution < 1.29 is 9.53 Å². The molecule has 0 bridgehead atoms. The van der Waals surface area contributed by atoms with E-state index < -0.39 is 5.41 Å². The van der Waals surface area contributed by atoms with E-state index in [9.17, 15) is 4.79 Å². The van der Waals surface area contributed by atoms with Gasteiger partial charge in [0.1, 0.15) is 5.69 Å². The number of aromatic nitrogens is 2. The maximum absolute atomic E-state index is 13.2. The Bertz CT molecular complexity index is 913. The molecule has 6 heteroatoms. The van der Waals surface area contributed by atoms with E-state index in [1.807, 2.05) is 28.9 Å². The number of carbonyl (C=O) groups excluding carboxylic acids is 1. The van der Waals surface area contributed by atoms with Crippen molar-refractivity contribution in [2.75, 3.05) is 19.8 Å². The molecule has 28 heavy (non-hydrogen) atoms. The molecule has 1 aliphatic rings. The van der Waals surface area contributed by atoms with Gasteiger partial charge < -0.3 is 10.1 Å². The van der Waals surface area contributed by atoms with Crippen LogP contribution in [-0.2, 0) is 21.5 Å².